The van der Waals surface area contributed by atoms with Crippen LogP contribution in [-0.4, -0.2) is 16.8 Å². The minimum absolute atomic E-state index is 0.380. The van der Waals surface area contributed by atoms with Crippen LogP contribution in [0.15, 0.2) is 42.6 Å². The first-order chi connectivity index (χ1) is 9.36. The fraction of sp³-hybridized carbons (Fsp3) is 0.438. The molecule has 1 aromatic carbocycles. The topological polar surface area (TPSA) is 29.9 Å². The molecule has 0 aliphatic heterocycles. The summed E-state index contributed by atoms with van der Waals surface area (Å²) in [5.41, 5.74) is 2.26. The van der Waals surface area contributed by atoms with Crippen molar-refractivity contribution in [3.05, 3.63) is 48.3 Å². The third-order valence-corrected chi connectivity index (χ3v) is 3.90. The Morgan fingerprint density at radius 1 is 1.26 bits per heavy atom. The lowest BCUT2D eigenvalue weighted by atomic mass is 10.1. The SMILES string of the molecule is CNC(CCC1CC1)c1ccn(-c2ccccc2)n1. The number of aromatic nitrogens is 2. The molecular weight excluding hydrogens is 234 g/mol. The lowest BCUT2D eigenvalue weighted by Gasteiger charge is -2.13. The molecule has 0 spiro atoms. The largest absolute Gasteiger partial charge is 0.312 e. The van der Waals surface area contributed by atoms with Crippen LogP contribution in [0, 0.1) is 5.92 Å². The zero-order valence-corrected chi connectivity index (χ0v) is 11.4. The van der Waals surface area contributed by atoms with E-state index in [1.807, 2.05) is 36.1 Å². The summed E-state index contributed by atoms with van der Waals surface area (Å²) in [6.45, 7) is 0. The summed E-state index contributed by atoms with van der Waals surface area (Å²) in [5.74, 6) is 0.979. The minimum atomic E-state index is 0.380. The van der Waals surface area contributed by atoms with Crippen molar-refractivity contribution < 1.29 is 0 Å². The van der Waals surface area contributed by atoms with Crippen LogP contribution in [0.5, 0.6) is 0 Å². The second-order valence-electron chi connectivity index (χ2n) is 5.38. The van der Waals surface area contributed by atoms with Gasteiger partial charge in [-0.2, -0.15) is 5.10 Å². The molecule has 1 heterocycles. The van der Waals surface area contributed by atoms with E-state index in [0.29, 0.717) is 6.04 Å². The number of rotatable bonds is 6. The molecule has 1 saturated carbocycles. The molecular formula is C16H21N3. The Balaban J connectivity index is 1.71. The van der Waals surface area contributed by atoms with E-state index in [9.17, 15) is 0 Å². The van der Waals surface area contributed by atoms with Crippen molar-refractivity contribution in [3.63, 3.8) is 0 Å². The molecule has 3 heteroatoms. The number of hydrogen-bond acceptors (Lipinski definition) is 2. The molecule has 1 N–H and O–H groups in total. The van der Waals surface area contributed by atoms with E-state index in [1.54, 1.807) is 0 Å². The molecule has 0 amide bonds. The summed E-state index contributed by atoms with van der Waals surface area (Å²) in [4.78, 5) is 0. The van der Waals surface area contributed by atoms with Gasteiger partial charge in [-0.05, 0) is 44.0 Å². The molecule has 3 rings (SSSR count). The first kappa shape index (κ1) is 12.4. The van der Waals surface area contributed by atoms with E-state index >= 15 is 0 Å². The van der Waals surface area contributed by atoms with E-state index in [4.69, 9.17) is 5.10 Å². The predicted octanol–water partition coefficient (Wildman–Crippen LogP) is 3.32. The summed E-state index contributed by atoms with van der Waals surface area (Å²) >= 11 is 0. The maximum absolute atomic E-state index is 4.70. The second kappa shape index (κ2) is 5.57. The maximum atomic E-state index is 4.70. The van der Waals surface area contributed by atoms with Crippen LogP contribution in [0.2, 0.25) is 0 Å². The predicted molar refractivity (Wildman–Crippen MR) is 77.3 cm³/mol. The van der Waals surface area contributed by atoms with Crippen molar-refractivity contribution >= 4 is 0 Å². The average molecular weight is 255 g/mol. The lowest BCUT2D eigenvalue weighted by Crippen LogP contribution is -2.17. The summed E-state index contributed by atoms with van der Waals surface area (Å²) in [6.07, 6.45) is 7.41. The molecule has 1 aliphatic rings. The van der Waals surface area contributed by atoms with E-state index < -0.39 is 0 Å². The number of nitrogens with zero attached hydrogens (tertiary/aromatic N) is 2. The van der Waals surface area contributed by atoms with Crippen LogP contribution in [0.4, 0.5) is 0 Å². The van der Waals surface area contributed by atoms with Crippen molar-refractivity contribution in [1.29, 1.82) is 0 Å². The quantitative estimate of drug-likeness (QED) is 0.858. The normalized spacial score (nSPS) is 16.5. The van der Waals surface area contributed by atoms with Gasteiger partial charge in [0.15, 0.2) is 0 Å². The highest BCUT2D eigenvalue weighted by molar-refractivity contribution is 5.30. The Labute approximate surface area is 114 Å². The third-order valence-electron chi connectivity index (χ3n) is 3.90. The van der Waals surface area contributed by atoms with Gasteiger partial charge in [0, 0.05) is 6.20 Å². The first-order valence-corrected chi connectivity index (χ1v) is 7.15. The fourth-order valence-electron chi connectivity index (χ4n) is 2.50. The summed E-state index contributed by atoms with van der Waals surface area (Å²) in [6, 6.07) is 12.8. The minimum Gasteiger partial charge on any atom is -0.312 e. The smallest absolute Gasteiger partial charge is 0.0798 e. The van der Waals surface area contributed by atoms with Gasteiger partial charge in [-0.3, -0.25) is 0 Å². The van der Waals surface area contributed by atoms with E-state index in [1.165, 1.54) is 25.7 Å². The molecule has 1 unspecified atom stereocenters. The van der Waals surface area contributed by atoms with Gasteiger partial charge in [0.2, 0.25) is 0 Å². The molecule has 1 atom stereocenters. The van der Waals surface area contributed by atoms with Crippen LogP contribution < -0.4 is 5.32 Å². The van der Waals surface area contributed by atoms with E-state index in [2.05, 4.69) is 23.5 Å². The van der Waals surface area contributed by atoms with Crippen LogP contribution in [0.1, 0.15) is 37.4 Å². The Kier molecular flexibility index (Phi) is 3.65. The van der Waals surface area contributed by atoms with Gasteiger partial charge >= 0.3 is 0 Å². The van der Waals surface area contributed by atoms with Crippen LogP contribution in [-0.2, 0) is 0 Å². The number of hydrogen-bond donors (Lipinski definition) is 1. The maximum Gasteiger partial charge on any atom is 0.0798 e. The van der Waals surface area contributed by atoms with Gasteiger partial charge in [-0.15, -0.1) is 0 Å². The first-order valence-electron chi connectivity index (χ1n) is 7.15. The highest BCUT2D eigenvalue weighted by Crippen LogP contribution is 2.35. The zero-order valence-electron chi connectivity index (χ0n) is 11.4. The molecule has 19 heavy (non-hydrogen) atoms. The molecule has 1 aromatic heterocycles. The summed E-state index contributed by atoms with van der Waals surface area (Å²) in [5, 5.41) is 8.09. The highest BCUT2D eigenvalue weighted by atomic mass is 15.3. The van der Waals surface area contributed by atoms with Gasteiger partial charge < -0.3 is 5.32 Å². The summed E-state index contributed by atoms with van der Waals surface area (Å²) in [7, 11) is 2.03. The zero-order chi connectivity index (χ0) is 13.1. The molecule has 0 radical (unpaired) electrons. The third kappa shape index (κ3) is 3.04. The van der Waals surface area contributed by atoms with Gasteiger partial charge in [-0.25, -0.2) is 4.68 Å². The standard InChI is InChI=1S/C16H21N3/c1-17-15(10-9-13-7-8-13)16-11-12-19(18-16)14-5-3-2-4-6-14/h2-6,11-13,15,17H,7-10H2,1H3. The second-order valence-corrected chi connectivity index (χ2v) is 5.38. The van der Waals surface area contributed by atoms with Crippen molar-refractivity contribution in [1.82, 2.24) is 15.1 Å². The van der Waals surface area contributed by atoms with Crippen molar-refractivity contribution in [3.8, 4) is 5.69 Å². The van der Waals surface area contributed by atoms with Crippen LogP contribution in [0.3, 0.4) is 0 Å². The highest BCUT2D eigenvalue weighted by Gasteiger charge is 2.23. The van der Waals surface area contributed by atoms with Crippen molar-refractivity contribution in [2.24, 2.45) is 5.92 Å². The van der Waals surface area contributed by atoms with E-state index in [0.717, 1.165) is 17.3 Å². The van der Waals surface area contributed by atoms with Crippen LogP contribution in [0.25, 0.3) is 5.69 Å². The van der Waals surface area contributed by atoms with Crippen molar-refractivity contribution in [2.45, 2.75) is 31.7 Å². The van der Waals surface area contributed by atoms with Gasteiger partial charge in [-0.1, -0.05) is 31.0 Å². The van der Waals surface area contributed by atoms with Crippen molar-refractivity contribution in [2.75, 3.05) is 7.05 Å². The molecule has 100 valence electrons. The van der Waals surface area contributed by atoms with Gasteiger partial charge in [0.25, 0.3) is 0 Å². The number of nitrogens with one attached hydrogen (secondary N) is 1. The molecule has 0 bridgehead atoms. The van der Waals surface area contributed by atoms with Crippen LogP contribution >= 0.6 is 0 Å². The Morgan fingerprint density at radius 2 is 2.05 bits per heavy atom. The fourth-order valence-corrected chi connectivity index (χ4v) is 2.50. The number of benzene rings is 1. The monoisotopic (exact) mass is 255 g/mol. The van der Waals surface area contributed by atoms with Gasteiger partial charge in [0.05, 0.1) is 17.4 Å². The Hall–Kier alpha value is -1.61. The lowest BCUT2D eigenvalue weighted by molar-refractivity contribution is 0.493. The molecule has 1 fully saturated rings. The summed E-state index contributed by atoms with van der Waals surface area (Å²) < 4.78 is 1.96. The Morgan fingerprint density at radius 3 is 2.74 bits per heavy atom. The molecule has 3 nitrogen and oxygen atoms in total. The van der Waals surface area contributed by atoms with E-state index in [-0.39, 0.29) is 0 Å². The molecule has 2 aromatic rings. The number of para-hydroxylation sites is 1. The molecule has 1 aliphatic carbocycles. The molecule has 0 saturated heterocycles. The average Bonchev–Trinajstić information content (AvgIpc) is 3.16. The Bertz CT molecular complexity index is 514. The van der Waals surface area contributed by atoms with Gasteiger partial charge in [0.1, 0.15) is 0 Å².